The lowest BCUT2D eigenvalue weighted by Crippen LogP contribution is -1.97. The number of hydrogen-bond acceptors (Lipinski definition) is 1. The summed E-state index contributed by atoms with van der Waals surface area (Å²) >= 11 is 6.20. The van der Waals surface area contributed by atoms with E-state index >= 15 is 0 Å². The average molecular weight is 396 g/mol. The fourth-order valence-electron chi connectivity index (χ4n) is 1.49. The van der Waals surface area contributed by atoms with Gasteiger partial charge < -0.3 is 4.74 Å². The van der Waals surface area contributed by atoms with Gasteiger partial charge in [0.15, 0.2) is 23.1 Å². The van der Waals surface area contributed by atoms with E-state index in [1.165, 1.54) is 18.2 Å². The third-order valence-corrected chi connectivity index (χ3v) is 3.43. The predicted octanol–water partition coefficient (Wildman–Crippen LogP) is 5.55. The Balaban J connectivity index is 2.47. The Hall–Kier alpha value is -1.01. The molecule has 0 heterocycles. The van der Waals surface area contributed by atoms with Gasteiger partial charge in [0.2, 0.25) is 5.82 Å². The minimum absolute atomic E-state index is 0.129. The van der Waals surface area contributed by atoms with Crippen LogP contribution < -0.4 is 4.74 Å². The second kappa shape index (κ2) is 5.96. The van der Waals surface area contributed by atoms with Crippen LogP contribution in [0.2, 0.25) is 0 Å². The summed E-state index contributed by atoms with van der Waals surface area (Å²) in [5.74, 6) is -3.38. The van der Waals surface area contributed by atoms with Crippen molar-refractivity contribution >= 4 is 31.9 Å². The normalized spacial score (nSPS) is 10.6. The Labute approximate surface area is 124 Å². The molecule has 2 rings (SSSR count). The molecule has 0 spiro atoms. The summed E-state index contributed by atoms with van der Waals surface area (Å²) in [6.07, 6.45) is 0. The van der Waals surface area contributed by atoms with E-state index in [1.54, 1.807) is 6.07 Å². The molecule has 6 heteroatoms. The molecule has 0 amide bonds. The lowest BCUT2D eigenvalue weighted by molar-refractivity contribution is 0.394. The highest BCUT2D eigenvalue weighted by Gasteiger charge is 2.16. The molecule has 0 atom stereocenters. The molecule has 0 aromatic heterocycles. The first kappa shape index (κ1) is 14.4. The molecule has 0 aliphatic carbocycles. The highest BCUT2D eigenvalue weighted by Crippen LogP contribution is 2.33. The largest absolute Gasteiger partial charge is 0.451 e. The molecule has 0 bridgehead atoms. The maximum absolute atomic E-state index is 13.7. The predicted molar refractivity (Wildman–Crippen MR) is 73.2 cm³/mol. The summed E-state index contributed by atoms with van der Waals surface area (Å²) < 4.78 is 46.0. The maximum atomic E-state index is 13.7. The van der Waals surface area contributed by atoms with Crippen molar-refractivity contribution in [2.24, 2.45) is 0 Å². The highest BCUT2D eigenvalue weighted by molar-refractivity contribution is 9.10. The molecule has 0 unspecified atom stereocenters. The van der Waals surface area contributed by atoms with Gasteiger partial charge in [-0.15, -0.1) is 0 Å². The summed E-state index contributed by atoms with van der Waals surface area (Å²) in [5.41, 5.74) is 0.500. The van der Waals surface area contributed by atoms with Gasteiger partial charge in [0, 0.05) is 15.4 Å². The SMILES string of the molecule is Fc1cc(Br)cc(Oc2c(F)cccc2CBr)c1F. The molecular formula is C13H7Br2F3O. The van der Waals surface area contributed by atoms with Crippen molar-refractivity contribution in [1.29, 1.82) is 0 Å². The second-order valence-electron chi connectivity index (χ2n) is 3.66. The number of para-hydroxylation sites is 1. The van der Waals surface area contributed by atoms with Crippen LogP contribution in [0.4, 0.5) is 13.2 Å². The minimum Gasteiger partial charge on any atom is -0.451 e. The molecule has 100 valence electrons. The third kappa shape index (κ3) is 3.12. The van der Waals surface area contributed by atoms with E-state index in [9.17, 15) is 13.2 Å². The summed E-state index contributed by atoms with van der Waals surface area (Å²) in [6, 6.07) is 6.53. The summed E-state index contributed by atoms with van der Waals surface area (Å²) in [5, 5.41) is 0.332. The zero-order valence-electron chi connectivity index (χ0n) is 9.39. The number of hydrogen-bond donors (Lipinski definition) is 0. The zero-order chi connectivity index (χ0) is 14.0. The lowest BCUT2D eigenvalue weighted by Gasteiger charge is -2.11. The average Bonchev–Trinajstić information content (AvgIpc) is 2.37. The van der Waals surface area contributed by atoms with E-state index in [1.807, 2.05) is 0 Å². The number of halogens is 5. The van der Waals surface area contributed by atoms with Gasteiger partial charge in [-0.3, -0.25) is 0 Å². The van der Waals surface area contributed by atoms with Gasteiger partial charge >= 0.3 is 0 Å². The third-order valence-electron chi connectivity index (χ3n) is 2.36. The van der Waals surface area contributed by atoms with Gasteiger partial charge in [-0.25, -0.2) is 8.78 Å². The Bertz CT molecular complexity index is 617. The fourth-order valence-corrected chi connectivity index (χ4v) is 2.34. The topological polar surface area (TPSA) is 9.23 Å². The molecule has 0 aliphatic rings. The molecule has 0 N–H and O–H groups in total. The quantitative estimate of drug-likeness (QED) is 0.488. The molecule has 0 saturated heterocycles. The Kier molecular flexibility index (Phi) is 4.52. The molecule has 2 aromatic rings. The highest BCUT2D eigenvalue weighted by atomic mass is 79.9. The number of ether oxygens (including phenoxy) is 1. The Morgan fingerprint density at radius 2 is 1.79 bits per heavy atom. The van der Waals surface area contributed by atoms with Crippen molar-refractivity contribution in [3.8, 4) is 11.5 Å². The molecule has 19 heavy (non-hydrogen) atoms. The molecule has 1 nitrogen and oxygen atoms in total. The fraction of sp³-hybridized carbons (Fsp3) is 0.0769. The minimum atomic E-state index is -1.16. The van der Waals surface area contributed by atoms with E-state index in [0.29, 0.717) is 15.4 Å². The second-order valence-corrected chi connectivity index (χ2v) is 5.14. The molecule has 0 aliphatic heterocycles. The van der Waals surface area contributed by atoms with E-state index in [2.05, 4.69) is 31.9 Å². The maximum Gasteiger partial charge on any atom is 0.201 e. The smallest absolute Gasteiger partial charge is 0.201 e. The first-order valence-corrected chi connectivity index (χ1v) is 7.10. The van der Waals surface area contributed by atoms with Crippen LogP contribution >= 0.6 is 31.9 Å². The van der Waals surface area contributed by atoms with Crippen molar-refractivity contribution in [1.82, 2.24) is 0 Å². The van der Waals surface area contributed by atoms with E-state index in [4.69, 9.17) is 4.74 Å². The summed E-state index contributed by atoms with van der Waals surface area (Å²) in [6.45, 7) is 0. The Morgan fingerprint density at radius 3 is 2.47 bits per heavy atom. The van der Waals surface area contributed by atoms with Crippen LogP contribution in [0.5, 0.6) is 11.5 Å². The Morgan fingerprint density at radius 1 is 1.05 bits per heavy atom. The monoisotopic (exact) mass is 394 g/mol. The summed E-state index contributed by atoms with van der Waals surface area (Å²) in [4.78, 5) is 0. The molecular weight excluding hydrogens is 389 g/mol. The van der Waals surface area contributed by atoms with Crippen LogP contribution in [-0.4, -0.2) is 0 Å². The van der Waals surface area contributed by atoms with Crippen LogP contribution in [0, 0.1) is 17.5 Å². The van der Waals surface area contributed by atoms with E-state index < -0.39 is 17.5 Å². The number of rotatable bonds is 3. The molecule has 0 saturated carbocycles. The molecule has 2 aromatic carbocycles. The molecule has 0 fully saturated rings. The first-order chi connectivity index (χ1) is 9.02. The van der Waals surface area contributed by atoms with Crippen molar-refractivity contribution < 1.29 is 17.9 Å². The first-order valence-electron chi connectivity index (χ1n) is 5.18. The lowest BCUT2D eigenvalue weighted by atomic mass is 10.2. The van der Waals surface area contributed by atoms with Gasteiger partial charge in [0.05, 0.1) is 0 Å². The number of benzene rings is 2. The van der Waals surface area contributed by atoms with Crippen molar-refractivity contribution in [2.75, 3.05) is 0 Å². The standard InChI is InChI=1S/C13H7Br2F3O/c14-6-7-2-1-3-9(16)13(7)19-11-5-8(15)4-10(17)12(11)18/h1-5H,6H2. The van der Waals surface area contributed by atoms with Crippen LogP contribution in [-0.2, 0) is 5.33 Å². The van der Waals surface area contributed by atoms with Crippen molar-refractivity contribution in [3.63, 3.8) is 0 Å². The van der Waals surface area contributed by atoms with Gasteiger partial charge in [-0.05, 0) is 18.2 Å². The van der Waals surface area contributed by atoms with E-state index in [-0.39, 0.29) is 11.5 Å². The van der Waals surface area contributed by atoms with Crippen LogP contribution in [0.15, 0.2) is 34.8 Å². The van der Waals surface area contributed by atoms with Crippen molar-refractivity contribution in [3.05, 3.63) is 57.8 Å². The zero-order valence-corrected chi connectivity index (χ0v) is 12.6. The molecule has 0 radical (unpaired) electrons. The van der Waals surface area contributed by atoms with E-state index in [0.717, 1.165) is 6.07 Å². The number of alkyl halides is 1. The summed E-state index contributed by atoms with van der Waals surface area (Å²) in [7, 11) is 0. The van der Waals surface area contributed by atoms with Gasteiger partial charge in [-0.2, -0.15) is 4.39 Å². The van der Waals surface area contributed by atoms with Crippen molar-refractivity contribution in [2.45, 2.75) is 5.33 Å². The van der Waals surface area contributed by atoms with Gasteiger partial charge in [-0.1, -0.05) is 44.0 Å². The van der Waals surface area contributed by atoms with Crippen LogP contribution in [0.25, 0.3) is 0 Å². The van der Waals surface area contributed by atoms with Gasteiger partial charge in [0.25, 0.3) is 0 Å². The van der Waals surface area contributed by atoms with Crippen LogP contribution in [0.3, 0.4) is 0 Å². The van der Waals surface area contributed by atoms with Crippen LogP contribution in [0.1, 0.15) is 5.56 Å². The van der Waals surface area contributed by atoms with Gasteiger partial charge in [0.1, 0.15) is 0 Å².